The molecule has 1 aromatic carbocycles. The quantitative estimate of drug-likeness (QED) is 0.382. The summed E-state index contributed by atoms with van der Waals surface area (Å²) in [5.41, 5.74) is 4.04. The van der Waals surface area contributed by atoms with Crippen molar-refractivity contribution in [2.24, 2.45) is 5.92 Å². The first-order valence-corrected chi connectivity index (χ1v) is 10.5. The van der Waals surface area contributed by atoms with Crippen LogP contribution in [-0.2, 0) is 0 Å². The van der Waals surface area contributed by atoms with E-state index < -0.39 is 0 Å². The second kappa shape index (κ2) is 12.0. The number of hydrogen-bond donors (Lipinski definition) is 2. The highest BCUT2D eigenvalue weighted by molar-refractivity contribution is 5.75. The zero-order chi connectivity index (χ0) is 21.1. The number of alkyl halides is 1. The molecule has 1 aliphatic heterocycles. The predicted molar refractivity (Wildman–Crippen MR) is 121 cm³/mol. The van der Waals surface area contributed by atoms with Crippen LogP contribution < -0.4 is 15.5 Å². The fourth-order valence-electron chi connectivity index (χ4n) is 3.47. The Morgan fingerprint density at radius 2 is 2.10 bits per heavy atom. The first kappa shape index (κ1) is 22.5. The molecule has 0 aliphatic carbocycles. The van der Waals surface area contributed by atoms with Crippen LogP contribution in [0.25, 0.3) is 0 Å². The van der Waals surface area contributed by atoms with Crippen molar-refractivity contribution in [2.45, 2.75) is 39.0 Å². The largest absolute Gasteiger partial charge is 0.390 e. The van der Waals surface area contributed by atoms with E-state index in [9.17, 15) is 9.65 Å². The maximum Gasteiger partial charge on any atom is 0.0992 e. The molecule has 5 heteroatoms. The Morgan fingerprint density at radius 1 is 1.34 bits per heavy atom. The number of nitrogens with zero attached hydrogens (tertiary/aromatic N) is 2. The maximum absolute atomic E-state index is 13.0. The Kier molecular flexibility index (Phi) is 9.30. The van der Waals surface area contributed by atoms with Gasteiger partial charge in [-0.2, -0.15) is 5.26 Å². The van der Waals surface area contributed by atoms with Crippen LogP contribution >= 0.6 is 0 Å². The van der Waals surface area contributed by atoms with Crippen molar-refractivity contribution in [3.05, 3.63) is 60.5 Å². The summed E-state index contributed by atoms with van der Waals surface area (Å²) in [6.45, 7) is 12.5. The van der Waals surface area contributed by atoms with Crippen molar-refractivity contribution >= 4 is 11.4 Å². The van der Waals surface area contributed by atoms with Crippen LogP contribution in [0.5, 0.6) is 0 Å². The van der Waals surface area contributed by atoms with Crippen molar-refractivity contribution in [1.29, 1.82) is 5.26 Å². The highest BCUT2D eigenvalue weighted by atomic mass is 19.1. The molecule has 0 spiro atoms. The maximum atomic E-state index is 13.0. The molecule has 0 aromatic heterocycles. The summed E-state index contributed by atoms with van der Waals surface area (Å²) >= 11 is 0. The molecule has 1 aliphatic rings. The Labute approximate surface area is 174 Å². The van der Waals surface area contributed by atoms with Crippen molar-refractivity contribution in [1.82, 2.24) is 5.32 Å². The normalized spacial score (nSPS) is 14.9. The summed E-state index contributed by atoms with van der Waals surface area (Å²) in [5.74, 6) is 0.157. The third-order valence-corrected chi connectivity index (χ3v) is 5.34. The van der Waals surface area contributed by atoms with Gasteiger partial charge in [0.25, 0.3) is 0 Å². The van der Waals surface area contributed by atoms with Gasteiger partial charge in [0.15, 0.2) is 0 Å². The van der Waals surface area contributed by atoms with Crippen molar-refractivity contribution in [2.75, 3.05) is 36.5 Å². The second-order valence-electron chi connectivity index (χ2n) is 7.50. The highest BCUT2D eigenvalue weighted by Gasteiger charge is 2.21. The molecule has 156 valence electrons. The zero-order valence-corrected chi connectivity index (χ0v) is 17.5. The van der Waals surface area contributed by atoms with E-state index in [1.807, 2.05) is 24.4 Å². The smallest absolute Gasteiger partial charge is 0.0992 e. The number of hydrogen-bond acceptors (Lipinski definition) is 4. The first-order chi connectivity index (χ1) is 14.1. The molecule has 1 fully saturated rings. The Balaban J connectivity index is 2.13. The summed E-state index contributed by atoms with van der Waals surface area (Å²) in [6, 6.07) is 7.83. The lowest BCUT2D eigenvalue weighted by atomic mass is 9.97. The third kappa shape index (κ3) is 6.67. The van der Waals surface area contributed by atoms with E-state index in [4.69, 9.17) is 0 Å². The zero-order valence-electron chi connectivity index (χ0n) is 17.5. The standard InChI is InChI=1S/C24H33FN4/c1-4-6-7-12-27-18-22(5-2)19(3)28-23-15-21(17-26)8-9-24(23)29-13-10-20(16-25)11-14-29/h5,8-9,15,18,20,27-28H,2-4,6-7,10-14,16H2,1H3/b22-18+. The van der Waals surface area contributed by atoms with Crippen LogP contribution in [0.3, 0.4) is 0 Å². The minimum atomic E-state index is -0.248. The first-order valence-electron chi connectivity index (χ1n) is 10.5. The average Bonchev–Trinajstić information content (AvgIpc) is 2.76. The fourth-order valence-corrected chi connectivity index (χ4v) is 3.47. The monoisotopic (exact) mass is 396 g/mol. The number of allylic oxidation sites excluding steroid dienone is 1. The lowest BCUT2D eigenvalue weighted by Gasteiger charge is -2.34. The number of nitriles is 1. The molecule has 1 aromatic rings. The van der Waals surface area contributed by atoms with Crippen molar-refractivity contribution < 1.29 is 4.39 Å². The van der Waals surface area contributed by atoms with Gasteiger partial charge in [0.2, 0.25) is 0 Å². The molecule has 0 unspecified atom stereocenters. The molecule has 4 nitrogen and oxygen atoms in total. The van der Waals surface area contributed by atoms with Gasteiger partial charge in [0.1, 0.15) is 0 Å². The number of nitrogens with one attached hydrogen (secondary N) is 2. The molecule has 2 N–H and O–H groups in total. The van der Waals surface area contributed by atoms with Gasteiger partial charge in [-0.05, 0) is 43.4 Å². The van der Waals surface area contributed by atoms with Crippen molar-refractivity contribution in [3.63, 3.8) is 0 Å². The van der Waals surface area contributed by atoms with Gasteiger partial charge in [-0.15, -0.1) is 0 Å². The molecule has 0 atom stereocenters. The molecule has 1 heterocycles. The topological polar surface area (TPSA) is 51.1 Å². The molecular formula is C24H33FN4. The number of unbranched alkanes of at least 4 members (excludes halogenated alkanes) is 2. The molecule has 29 heavy (non-hydrogen) atoms. The number of anilines is 2. The van der Waals surface area contributed by atoms with Crippen LogP contribution in [0, 0.1) is 17.2 Å². The molecular weight excluding hydrogens is 363 g/mol. The Morgan fingerprint density at radius 3 is 2.72 bits per heavy atom. The second-order valence-corrected chi connectivity index (χ2v) is 7.50. The van der Waals surface area contributed by atoms with Gasteiger partial charge in [-0.25, -0.2) is 0 Å². The summed E-state index contributed by atoms with van der Waals surface area (Å²) in [5, 5.41) is 16.0. The van der Waals surface area contributed by atoms with Crippen LogP contribution in [0.2, 0.25) is 0 Å². The van der Waals surface area contributed by atoms with Crippen molar-refractivity contribution in [3.8, 4) is 6.07 Å². The molecule has 0 radical (unpaired) electrons. The minimum Gasteiger partial charge on any atom is -0.390 e. The van der Waals surface area contributed by atoms with Gasteiger partial charge in [0.05, 0.1) is 29.7 Å². The van der Waals surface area contributed by atoms with Gasteiger partial charge in [0, 0.05) is 37.1 Å². The molecule has 0 saturated carbocycles. The summed E-state index contributed by atoms with van der Waals surface area (Å²) in [4.78, 5) is 2.25. The minimum absolute atomic E-state index is 0.157. The molecule has 0 bridgehead atoms. The molecule has 1 saturated heterocycles. The van der Waals surface area contributed by atoms with Gasteiger partial charge >= 0.3 is 0 Å². The molecule has 0 amide bonds. The average molecular weight is 397 g/mol. The number of piperidine rings is 1. The van der Waals surface area contributed by atoms with Gasteiger partial charge < -0.3 is 15.5 Å². The van der Waals surface area contributed by atoms with E-state index in [1.165, 1.54) is 12.8 Å². The van der Waals surface area contributed by atoms with E-state index in [2.05, 4.69) is 41.7 Å². The number of halogens is 1. The molecule has 2 rings (SSSR count). The summed E-state index contributed by atoms with van der Waals surface area (Å²) in [7, 11) is 0. The Bertz CT molecular complexity index is 755. The lowest BCUT2D eigenvalue weighted by Crippen LogP contribution is -2.34. The SMILES string of the molecule is C=C/C(=C\NCCCCC)C(=C)Nc1cc(C#N)ccc1N1CCC(CF)CC1. The summed E-state index contributed by atoms with van der Waals surface area (Å²) < 4.78 is 13.0. The van der Waals surface area contributed by atoms with Crippen LogP contribution in [0.4, 0.5) is 15.8 Å². The van der Waals surface area contributed by atoms with Crippen LogP contribution in [0.1, 0.15) is 44.6 Å². The van der Waals surface area contributed by atoms with Crippen LogP contribution in [-0.4, -0.2) is 26.3 Å². The van der Waals surface area contributed by atoms with Gasteiger partial charge in [-0.3, -0.25) is 4.39 Å². The van der Waals surface area contributed by atoms with E-state index in [-0.39, 0.29) is 12.6 Å². The highest BCUT2D eigenvalue weighted by Crippen LogP contribution is 2.32. The van der Waals surface area contributed by atoms with Crippen LogP contribution in [0.15, 0.2) is 54.9 Å². The number of benzene rings is 1. The van der Waals surface area contributed by atoms with E-state index >= 15 is 0 Å². The lowest BCUT2D eigenvalue weighted by molar-refractivity contribution is 0.307. The van der Waals surface area contributed by atoms with E-state index in [1.54, 1.807) is 6.08 Å². The number of rotatable bonds is 11. The Hall–Kier alpha value is -2.74. The van der Waals surface area contributed by atoms with E-state index in [0.29, 0.717) is 5.56 Å². The third-order valence-electron chi connectivity index (χ3n) is 5.34. The predicted octanol–water partition coefficient (Wildman–Crippen LogP) is 5.52. The van der Waals surface area contributed by atoms with E-state index in [0.717, 1.165) is 61.5 Å². The van der Waals surface area contributed by atoms with Gasteiger partial charge in [-0.1, -0.05) is 39.0 Å². The fraction of sp³-hybridized carbons (Fsp3) is 0.458. The summed E-state index contributed by atoms with van der Waals surface area (Å²) in [6.07, 6.45) is 8.90.